The number of hydrogen-bond acceptors (Lipinski definition) is 9. The van der Waals surface area contributed by atoms with Crippen molar-refractivity contribution in [3.05, 3.63) is 44.2 Å². The standard InChI is InChI=1S/C19H17ClN2O7S2/c1-9-11(13(26-3)7-14-17(9)28-8-27-14)6-12(23)18-15(4-5-30-18)31(24,25)22-19-16(20)10(2)21-29-19/h4-5,7,22H,6,8H2,1-3H3. The number of nitrogens with zero attached hydrogens (tertiary/aromatic N) is 1. The van der Waals surface area contributed by atoms with Crippen molar-refractivity contribution in [3.8, 4) is 17.2 Å². The monoisotopic (exact) mass is 484 g/mol. The van der Waals surface area contributed by atoms with Crippen LogP contribution in [-0.4, -0.2) is 33.3 Å². The molecule has 3 aromatic rings. The number of aromatic nitrogens is 1. The number of thiophene rings is 1. The first-order valence-corrected chi connectivity index (χ1v) is 11.7. The summed E-state index contributed by atoms with van der Waals surface area (Å²) in [5.41, 5.74) is 1.63. The van der Waals surface area contributed by atoms with E-state index in [0.717, 1.165) is 11.3 Å². The van der Waals surface area contributed by atoms with Gasteiger partial charge in [-0.25, -0.2) is 13.1 Å². The third-order valence-corrected chi connectivity index (χ3v) is 7.64. The highest BCUT2D eigenvalue weighted by Crippen LogP contribution is 2.42. The highest BCUT2D eigenvalue weighted by atomic mass is 35.5. The van der Waals surface area contributed by atoms with Crippen LogP contribution in [0.15, 0.2) is 26.9 Å². The average Bonchev–Trinajstić information content (AvgIpc) is 3.47. The second-order valence-electron chi connectivity index (χ2n) is 6.65. The van der Waals surface area contributed by atoms with Gasteiger partial charge in [0, 0.05) is 23.6 Å². The minimum absolute atomic E-state index is 0.0485. The highest BCUT2D eigenvalue weighted by molar-refractivity contribution is 7.93. The maximum absolute atomic E-state index is 13.1. The molecule has 0 saturated heterocycles. The van der Waals surface area contributed by atoms with Crippen LogP contribution < -0.4 is 18.9 Å². The third kappa shape index (κ3) is 3.84. The van der Waals surface area contributed by atoms with Crippen molar-refractivity contribution >= 4 is 44.6 Å². The first-order valence-electron chi connectivity index (χ1n) is 8.94. The number of ketones is 1. The molecule has 0 saturated carbocycles. The molecule has 12 heteroatoms. The summed E-state index contributed by atoms with van der Waals surface area (Å²) in [6, 6.07) is 3.00. The van der Waals surface area contributed by atoms with Gasteiger partial charge >= 0.3 is 0 Å². The molecule has 0 unspecified atom stereocenters. The van der Waals surface area contributed by atoms with Crippen molar-refractivity contribution in [1.29, 1.82) is 0 Å². The number of carbonyl (C=O) groups excluding carboxylic acids is 1. The van der Waals surface area contributed by atoms with E-state index in [2.05, 4.69) is 9.88 Å². The summed E-state index contributed by atoms with van der Waals surface area (Å²) in [6.07, 6.45) is -0.0865. The normalized spacial score (nSPS) is 12.8. The van der Waals surface area contributed by atoms with Crippen molar-refractivity contribution in [3.63, 3.8) is 0 Å². The molecule has 0 bridgehead atoms. The van der Waals surface area contributed by atoms with Gasteiger partial charge in [0.25, 0.3) is 15.9 Å². The lowest BCUT2D eigenvalue weighted by Crippen LogP contribution is -2.16. The fourth-order valence-corrected chi connectivity index (χ4v) is 5.73. The number of carbonyl (C=O) groups is 1. The van der Waals surface area contributed by atoms with E-state index in [0.29, 0.717) is 34.1 Å². The summed E-state index contributed by atoms with van der Waals surface area (Å²) >= 11 is 7.02. The minimum Gasteiger partial charge on any atom is -0.496 e. The highest BCUT2D eigenvalue weighted by Gasteiger charge is 2.29. The van der Waals surface area contributed by atoms with Crippen LogP contribution in [0.4, 0.5) is 5.88 Å². The molecule has 1 aliphatic rings. The van der Waals surface area contributed by atoms with Crippen LogP contribution in [0.1, 0.15) is 26.5 Å². The van der Waals surface area contributed by atoms with Gasteiger partial charge in [-0.15, -0.1) is 11.3 Å². The number of benzene rings is 1. The number of hydrogen-bond donors (Lipinski definition) is 1. The molecule has 1 aromatic carbocycles. The molecule has 1 aliphatic heterocycles. The zero-order valence-electron chi connectivity index (χ0n) is 16.6. The van der Waals surface area contributed by atoms with Gasteiger partial charge in [-0.2, -0.15) is 0 Å². The van der Waals surface area contributed by atoms with Crippen LogP contribution in [-0.2, 0) is 16.4 Å². The van der Waals surface area contributed by atoms with E-state index in [4.69, 9.17) is 30.3 Å². The summed E-state index contributed by atoms with van der Waals surface area (Å²) in [4.78, 5) is 13.0. The SMILES string of the molecule is COc1cc2c(c(C)c1CC(=O)c1sccc1S(=O)(=O)Nc1onc(C)c1Cl)OCO2. The van der Waals surface area contributed by atoms with E-state index in [-0.39, 0.29) is 33.9 Å². The van der Waals surface area contributed by atoms with E-state index < -0.39 is 15.8 Å². The van der Waals surface area contributed by atoms with Crippen molar-refractivity contribution < 1.29 is 31.9 Å². The van der Waals surface area contributed by atoms with Gasteiger partial charge in [-0.05, 0) is 25.3 Å². The van der Waals surface area contributed by atoms with Gasteiger partial charge in [0.15, 0.2) is 17.3 Å². The van der Waals surface area contributed by atoms with Crippen LogP contribution in [0.3, 0.4) is 0 Å². The predicted octanol–water partition coefficient (Wildman–Crippen LogP) is 3.97. The molecule has 9 nitrogen and oxygen atoms in total. The van der Waals surface area contributed by atoms with Gasteiger partial charge < -0.3 is 18.7 Å². The lowest BCUT2D eigenvalue weighted by atomic mass is 10.00. The maximum Gasteiger partial charge on any atom is 0.265 e. The Morgan fingerprint density at radius 3 is 2.81 bits per heavy atom. The van der Waals surface area contributed by atoms with Crippen molar-refractivity contribution in [2.75, 3.05) is 18.6 Å². The first kappa shape index (κ1) is 21.5. The third-order valence-electron chi connectivity index (χ3n) is 4.74. The van der Waals surface area contributed by atoms with Crippen LogP contribution in [0.25, 0.3) is 0 Å². The maximum atomic E-state index is 13.1. The molecule has 4 rings (SSSR count). The van der Waals surface area contributed by atoms with Crippen LogP contribution in [0.5, 0.6) is 17.2 Å². The molecule has 0 amide bonds. The number of methoxy groups -OCH3 is 1. The minimum atomic E-state index is -4.14. The lowest BCUT2D eigenvalue weighted by molar-refractivity contribution is 0.0993. The van der Waals surface area contributed by atoms with E-state index in [1.807, 2.05) is 0 Å². The lowest BCUT2D eigenvalue weighted by Gasteiger charge is -2.13. The summed E-state index contributed by atoms with van der Waals surface area (Å²) in [7, 11) is -2.65. The van der Waals surface area contributed by atoms with Crippen molar-refractivity contribution in [1.82, 2.24) is 5.16 Å². The molecule has 3 heterocycles. The largest absolute Gasteiger partial charge is 0.496 e. The number of halogens is 1. The Morgan fingerprint density at radius 2 is 2.13 bits per heavy atom. The average molecular weight is 485 g/mol. The summed E-state index contributed by atoms with van der Waals surface area (Å²) in [6.45, 7) is 3.45. The molecule has 31 heavy (non-hydrogen) atoms. The first-order chi connectivity index (χ1) is 14.7. The summed E-state index contributed by atoms with van der Waals surface area (Å²) in [5.74, 6) is 0.929. The Bertz CT molecular complexity index is 1280. The number of fused-ring (bicyclic) bond motifs is 1. The Hall–Kier alpha value is -2.76. The summed E-state index contributed by atoms with van der Waals surface area (Å²) in [5, 5.41) is 5.19. The molecule has 0 radical (unpaired) electrons. The van der Waals surface area contributed by atoms with E-state index in [1.165, 1.54) is 18.6 Å². The van der Waals surface area contributed by atoms with E-state index in [1.54, 1.807) is 19.9 Å². The zero-order valence-corrected chi connectivity index (χ0v) is 19.0. The smallest absolute Gasteiger partial charge is 0.265 e. The van der Waals surface area contributed by atoms with Gasteiger partial charge in [0.1, 0.15) is 21.4 Å². The van der Waals surface area contributed by atoms with Crippen LogP contribution in [0.2, 0.25) is 5.02 Å². The Labute approximate surface area is 186 Å². The van der Waals surface area contributed by atoms with Crippen molar-refractivity contribution in [2.24, 2.45) is 0 Å². The molecule has 0 spiro atoms. The number of anilines is 1. The molecular formula is C19H17ClN2O7S2. The molecule has 2 aromatic heterocycles. The van der Waals surface area contributed by atoms with E-state index >= 15 is 0 Å². The number of ether oxygens (including phenoxy) is 3. The fourth-order valence-electron chi connectivity index (χ4n) is 3.17. The number of aryl methyl sites for hydroxylation is 1. The quantitative estimate of drug-likeness (QED) is 0.500. The number of nitrogens with one attached hydrogen (secondary N) is 1. The number of Topliss-reactive ketones (excluding diaryl/α,β-unsaturated/α-hetero) is 1. The molecule has 164 valence electrons. The second-order valence-corrected chi connectivity index (χ2v) is 9.59. The number of rotatable bonds is 7. The zero-order chi connectivity index (χ0) is 22.3. The summed E-state index contributed by atoms with van der Waals surface area (Å²) < 4.78 is 49.2. The van der Waals surface area contributed by atoms with Gasteiger partial charge in [-0.1, -0.05) is 16.8 Å². The van der Waals surface area contributed by atoms with Crippen molar-refractivity contribution in [2.45, 2.75) is 25.2 Å². The molecule has 0 aliphatic carbocycles. The fraction of sp³-hybridized carbons (Fsp3) is 0.263. The number of sulfonamides is 1. The van der Waals surface area contributed by atoms with E-state index in [9.17, 15) is 13.2 Å². The Kier molecular flexibility index (Phi) is 5.58. The molecule has 0 atom stereocenters. The second kappa shape index (κ2) is 8.06. The Morgan fingerprint density at radius 1 is 1.35 bits per heavy atom. The molecule has 1 N–H and O–H groups in total. The Balaban J connectivity index is 1.65. The van der Waals surface area contributed by atoms with Crippen LogP contribution >= 0.6 is 22.9 Å². The van der Waals surface area contributed by atoms with Gasteiger partial charge in [-0.3, -0.25) is 4.79 Å². The van der Waals surface area contributed by atoms with Gasteiger partial charge in [0.2, 0.25) is 6.79 Å². The van der Waals surface area contributed by atoms with Crippen LogP contribution in [0, 0.1) is 13.8 Å². The predicted molar refractivity (Wildman–Crippen MR) is 113 cm³/mol. The topological polar surface area (TPSA) is 117 Å². The molecular weight excluding hydrogens is 468 g/mol. The molecule has 0 fully saturated rings. The van der Waals surface area contributed by atoms with Gasteiger partial charge in [0.05, 0.1) is 12.0 Å².